The molecule has 1 aromatic heterocycles. The van der Waals surface area contributed by atoms with E-state index in [1.807, 2.05) is 6.20 Å². The average Bonchev–Trinajstić information content (AvgIpc) is 3.58. The summed E-state index contributed by atoms with van der Waals surface area (Å²) in [5, 5.41) is 6.98. The lowest BCUT2D eigenvalue weighted by Gasteiger charge is -2.27. The van der Waals surface area contributed by atoms with Crippen LogP contribution in [-0.2, 0) is 12.0 Å². The van der Waals surface area contributed by atoms with Gasteiger partial charge in [-0.1, -0.05) is 30.3 Å². The van der Waals surface area contributed by atoms with Crippen molar-refractivity contribution in [3.63, 3.8) is 0 Å². The summed E-state index contributed by atoms with van der Waals surface area (Å²) in [6, 6.07) is 15.1. The lowest BCUT2D eigenvalue weighted by Crippen LogP contribution is -2.41. The molecule has 2 N–H and O–H groups in total. The minimum Gasteiger partial charge on any atom is -0.357 e. The molecule has 0 atom stereocenters. The number of nitrogens with zero attached hydrogens (tertiary/aromatic N) is 3. The van der Waals surface area contributed by atoms with Crippen LogP contribution in [0.1, 0.15) is 50.2 Å². The van der Waals surface area contributed by atoms with E-state index in [9.17, 15) is 0 Å². The molecule has 4 rings (SSSR count). The van der Waals surface area contributed by atoms with Gasteiger partial charge in [0.1, 0.15) is 5.82 Å². The van der Waals surface area contributed by atoms with Gasteiger partial charge in [-0.15, -0.1) is 24.0 Å². The number of halogens is 1. The predicted octanol–water partition coefficient (Wildman–Crippen LogP) is 4.48. The van der Waals surface area contributed by atoms with E-state index in [4.69, 9.17) is 4.99 Å². The number of hydrogen-bond donors (Lipinski definition) is 2. The summed E-state index contributed by atoms with van der Waals surface area (Å²) < 4.78 is 0. The van der Waals surface area contributed by atoms with Crippen LogP contribution < -0.4 is 15.5 Å². The molecule has 5 nitrogen and oxygen atoms in total. The van der Waals surface area contributed by atoms with Crippen LogP contribution in [0.3, 0.4) is 0 Å². The molecule has 1 saturated heterocycles. The Hall–Kier alpha value is -1.83. The number of anilines is 1. The van der Waals surface area contributed by atoms with E-state index in [1.165, 1.54) is 43.2 Å². The molecule has 2 heterocycles. The van der Waals surface area contributed by atoms with Crippen molar-refractivity contribution in [3.8, 4) is 0 Å². The lowest BCUT2D eigenvalue weighted by atomic mass is 9.96. The van der Waals surface area contributed by atoms with E-state index in [2.05, 4.69) is 69.9 Å². The third-order valence-electron chi connectivity index (χ3n) is 6.09. The van der Waals surface area contributed by atoms with Gasteiger partial charge in [-0.05, 0) is 62.3 Å². The highest BCUT2D eigenvalue weighted by Gasteiger charge is 2.43. The quantitative estimate of drug-likeness (QED) is 0.322. The maximum Gasteiger partial charge on any atom is 0.191 e. The van der Waals surface area contributed by atoms with Crippen LogP contribution in [0.2, 0.25) is 0 Å². The summed E-state index contributed by atoms with van der Waals surface area (Å²) in [5.74, 6) is 1.99. The molecule has 1 aliphatic heterocycles. The van der Waals surface area contributed by atoms with Crippen LogP contribution >= 0.6 is 24.0 Å². The highest BCUT2D eigenvalue weighted by molar-refractivity contribution is 14.0. The first-order valence-electron chi connectivity index (χ1n) is 11.1. The standard InChI is InChI=1S/C24H33N5.HI/c1-2-25-23(28-19-24(12-13-24)21-9-5-3-6-10-21)27-18-20-11-14-26-22(17-20)29-15-7-4-8-16-29;/h3,5-6,9-11,14,17H,2,4,7-8,12-13,15-16,18-19H2,1H3,(H2,25,27,28);1H. The minimum atomic E-state index is 0. The van der Waals surface area contributed by atoms with Gasteiger partial charge in [0.2, 0.25) is 0 Å². The molecular weight excluding hydrogens is 485 g/mol. The van der Waals surface area contributed by atoms with Gasteiger partial charge in [-0.2, -0.15) is 0 Å². The lowest BCUT2D eigenvalue weighted by molar-refractivity contribution is 0.573. The Labute approximate surface area is 197 Å². The Morgan fingerprint density at radius 1 is 1.07 bits per heavy atom. The second-order valence-corrected chi connectivity index (χ2v) is 8.27. The van der Waals surface area contributed by atoms with E-state index in [0.29, 0.717) is 6.54 Å². The van der Waals surface area contributed by atoms with Crippen molar-refractivity contribution in [2.75, 3.05) is 31.1 Å². The first-order valence-corrected chi connectivity index (χ1v) is 11.1. The fourth-order valence-electron chi connectivity index (χ4n) is 4.13. The minimum absolute atomic E-state index is 0. The zero-order valence-corrected chi connectivity index (χ0v) is 20.3. The van der Waals surface area contributed by atoms with Gasteiger partial charge >= 0.3 is 0 Å². The summed E-state index contributed by atoms with van der Waals surface area (Å²) in [6.45, 7) is 6.80. The van der Waals surface area contributed by atoms with Gasteiger partial charge in [0.25, 0.3) is 0 Å². The van der Waals surface area contributed by atoms with Gasteiger partial charge in [-0.25, -0.2) is 9.98 Å². The number of rotatable bonds is 7. The molecule has 6 heteroatoms. The summed E-state index contributed by atoms with van der Waals surface area (Å²) in [5.41, 5.74) is 2.92. The predicted molar refractivity (Wildman–Crippen MR) is 136 cm³/mol. The van der Waals surface area contributed by atoms with E-state index >= 15 is 0 Å². The summed E-state index contributed by atoms with van der Waals surface area (Å²) in [4.78, 5) is 11.8. The fourth-order valence-corrected chi connectivity index (χ4v) is 4.13. The molecule has 2 aromatic rings. The first kappa shape index (κ1) is 22.8. The Kier molecular flexibility index (Phi) is 8.36. The van der Waals surface area contributed by atoms with E-state index in [0.717, 1.165) is 38.0 Å². The van der Waals surface area contributed by atoms with Crippen molar-refractivity contribution < 1.29 is 0 Å². The van der Waals surface area contributed by atoms with Crippen molar-refractivity contribution in [3.05, 3.63) is 59.8 Å². The van der Waals surface area contributed by atoms with Crippen molar-refractivity contribution in [1.29, 1.82) is 0 Å². The number of pyridine rings is 1. The highest BCUT2D eigenvalue weighted by Crippen LogP contribution is 2.47. The molecule has 1 saturated carbocycles. The molecule has 0 unspecified atom stereocenters. The zero-order chi connectivity index (χ0) is 19.9. The van der Waals surface area contributed by atoms with Crippen molar-refractivity contribution >= 4 is 35.8 Å². The molecular formula is C24H34IN5. The van der Waals surface area contributed by atoms with Crippen LogP contribution in [0.25, 0.3) is 0 Å². The fraction of sp³-hybridized carbons (Fsp3) is 0.500. The normalized spacial score (nSPS) is 17.8. The van der Waals surface area contributed by atoms with Gasteiger partial charge in [-0.3, -0.25) is 0 Å². The van der Waals surface area contributed by atoms with Crippen molar-refractivity contribution in [1.82, 2.24) is 15.6 Å². The number of benzene rings is 1. The molecule has 2 fully saturated rings. The number of guanidine groups is 1. The number of nitrogens with one attached hydrogen (secondary N) is 2. The number of hydrogen-bond acceptors (Lipinski definition) is 3. The topological polar surface area (TPSA) is 52.6 Å². The summed E-state index contributed by atoms with van der Waals surface area (Å²) in [6.07, 6.45) is 8.27. The molecule has 0 spiro atoms. The van der Waals surface area contributed by atoms with Gasteiger partial charge in [0.05, 0.1) is 6.54 Å². The monoisotopic (exact) mass is 519 g/mol. The Bertz CT molecular complexity index is 813. The Morgan fingerprint density at radius 2 is 1.83 bits per heavy atom. The van der Waals surface area contributed by atoms with E-state index in [-0.39, 0.29) is 29.4 Å². The highest BCUT2D eigenvalue weighted by atomic mass is 127. The van der Waals surface area contributed by atoms with Gasteiger partial charge in [0.15, 0.2) is 5.96 Å². The van der Waals surface area contributed by atoms with Crippen molar-refractivity contribution in [2.24, 2.45) is 4.99 Å². The summed E-state index contributed by atoms with van der Waals surface area (Å²) in [7, 11) is 0. The molecule has 30 heavy (non-hydrogen) atoms. The zero-order valence-electron chi connectivity index (χ0n) is 17.9. The number of aromatic nitrogens is 1. The average molecular weight is 519 g/mol. The van der Waals surface area contributed by atoms with Crippen molar-refractivity contribution in [2.45, 2.75) is 51.0 Å². The van der Waals surface area contributed by atoms with Crippen LogP contribution in [-0.4, -0.2) is 37.1 Å². The maximum atomic E-state index is 4.84. The first-order chi connectivity index (χ1) is 14.3. The maximum absolute atomic E-state index is 4.84. The smallest absolute Gasteiger partial charge is 0.191 e. The molecule has 0 bridgehead atoms. The van der Waals surface area contributed by atoms with Gasteiger partial charge in [0, 0.05) is 37.8 Å². The molecule has 0 amide bonds. The molecule has 162 valence electrons. The van der Waals surface area contributed by atoms with Gasteiger partial charge < -0.3 is 15.5 Å². The van der Waals surface area contributed by atoms with E-state index < -0.39 is 0 Å². The largest absolute Gasteiger partial charge is 0.357 e. The van der Waals surface area contributed by atoms with E-state index in [1.54, 1.807) is 0 Å². The van der Waals surface area contributed by atoms with Crippen LogP contribution in [0, 0.1) is 0 Å². The molecule has 2 aliphatic rings. The van der Waals surface area contributed by atoms with Crippen LogP contribution in [0.5, 0.6) is 0 Å². The second-order valence-electron chi connectivity index (χ2n) is 8.27. The summed E-state index contributed by atoms with van der Waals surface area (Å²) >= 11 is 0. The van der Waals surface area contributed by atoms with Crippen LogP contribution in [0.15, 0.2) is 53.7 Å². The Morgan fingerprint density at radius 3 is 2.53 bits per heavy atom. The Balaban J connectivity index is 0.00000256. The number of piperidine rings is 1. The third kappa shape index (κ3) is 5.86. The third-order valence-corrected chi connectivity index (χ3v) is 6.09. The molecule has 1 aliphatic carbocycles. The number of aliphatic imine (C=N–C) groups is 1. The SMILES string of the molecule is CCNC(=NCc1ccnc(N2CCCCC2)c1)NCC1(c2ccccc2)CC1.I. The van der Waals surface area contributed by atoms with Crippen LogP contribution in [0.4, 0.5) is 5.82 Å². The second kappa shape index (κ2) is 11.0. The molecule has 1 aromatic carbocycles. The molecule has 0 radical (unpaired) electrons.